The van der Waals surface area contributed by atoms with Gasteiger partial charge in [-0.3, -0.25) is 5.32 Å². The molecule has 0 bridgehead atoms. The fourth-order valence-corrected chi connectivity index (χ4v) is 3.48. The first kappa shape index (κ1) is 17.5. The molecule has 1 saturated carbocycles. The third kappa shape index (κ3) is 5.06. The maximum Gasteiger partial charge on any atom is 0.320 e. The first-order valence-corrected chi connectivity index (χ1v) is 10.3. The van der Waals surface area contributed by atoms with Crippen molar-refractivity contribution in [3.63, 3.8) is 0 Å². The van der Waals surface area contributed by atoms with Crippen molar-refractivity contribution in [2.75, 3.05) is 11.6 Å². The summed E-state index contributed by atoms with van der Waals surface area (Å²) >= 11 is 0. The molecular weight excluding hydrogens is 340 g/mol. The molecule has 1 aliphatic carbocycles. The minimum absolute atomic E-state index is 0.0192. The van der Waals surface area contributed by atoms with E-state index in [0.717, 1.165) is 5.69 Å². The number of aromatic nitrogens is 2. The second kappa shape index (κ2) is 6.87. The van der Waals surface area contributed by atoms with Gasteiger partial charge in [0.05, 0.1) is 11.4 Å². The van der Waals surface area contributed by atoms with Crippen molar-refractivity contribution in [3.05, 3.63) is 42.1 Å². The van der Waals surface area contributed by atoms with Gasteiger partial charge in [0.2, 0.25) is 0 Å². The lowest BCUT2D eigenvalue weighted by Crippen LogP contribution is -2.37. The Bertz CT molecular complexity index is 872. The number of carbonyl (C=O) groups excluding carboxylic acids is 1. The van der Waals surface area contributed by atoms with E-state index in [1.807, 2.05) is 13.0 Å². The lowest BCUT2D eigenvalue weighted by Gasteiger charge is -2.12. The molecule has 0 aliphatic heterocycles. The zero-order valence-electron chi connectivity index (χ0n) is 14.3. The first-order chi connectivity index (χ1) is 11.8. The third-order valence-corrected chi connectivity index (χ3v) is 4.98. The summed E-state index contributed by atoms with van der Waals surface area (Å²) in [6.07, 6.45) is 5.26. The molecule has 2 amide bonds. The molecule has 1 aliphatic rings. The topological polar surface area (TPSA) is 93.1 Å². The lowest BCUT2D eigenvalue weighted by atomic mass is 10.2. The van der Waals surface area contributed by atoms with Gasteiger partial charge in [0.15, 0.2) is 15.7 Å². The SMILES string of the molecule is C[C@H](NC(=O)Nc1ccn(-c2cccc(CS(C)(=O)=O)c2)n1)C1CC1. The molecule has 1 aromatic carbocycles. The molecule has 7 nitrogen and oxygen atoms in total. The number of amides is 2. The molecule has 1 heterocycles. The molecule has 3 rings (SSSR count). The average Bonchev–Trinajstić information content (AvgIpc) is 3.26. The molecule has 8 heteroatoms. The van der Waals surface area contributed by atoms with Crippen LogP contribution in [0.3, 0.4) is 0 Å². The fourth-order valence-electron chi connectivity index (χ4n) is 2.70. The maximum absolute atomic E-state index is 12.0. The van der Waals surface area contributed by atoms with E-state index in [1.54, 1.807) is 35.1 Å². The number of hydrogen-bond acceptors (Lipinski definition) is 4. The molecule has 1 atom stereocenters. The Morgan fingerprint density at radius 1 is 1.36 bits per heavy atom. The van der Waals surface area contributed by atoms with Gasteiger partial charge < -0.3 is 5.32 Å². The molecule has 1 aromatic heterocycles. The number of nitrogens with one attached hydrogen (secondary N) is 2. The highest BCUT2D eigenvalue weighted by molar-refractivity contribution is 7.89. The number of rotatable bonds is 6. The van der Waals surface area contributed by atoms with Crippen molar-refractivity contribution in [2.24, 2.45) is 5.92 Å². The van der Waals surface area contributed by atoms with Crippen molar-refractivity contribution in [2.45, 2.75) is 31.6 Å². The number of carbonyl (C=O) groups is 1. The van der Waals surface area contributed by atoms with Crippen LogP contribution in [0.4, 0.5) is 10.6 Å². The van der Waals surface area contributed by atoms with Crippen LogP contribution < -0.4 is 10.6 Å². The van der Waals surface area contributed by atoms with Crippen LogP contribution in [-0.2, 0) is 15.6 Å². The van der Waals surface area contributed by atoms with Gasteiger partial charge in [0.25, 0.3) is 0 Å². The highest BCUT2D eigenvalue weighted by Gasteiger charge is 2.28. The Labute approximate surface area is 147 Å². The van der Waals surface area contributed by atoms with Gasteiger partial charge in [-0.2, -0.15) is 0 Å². The van der Waals surface area contributed by atoms with Crippen LogP contribution in [0.1, 0.15) is 25.3 Å². The van der Waals surface area contributed by atoms with Crippen molar-refractivity contribution in [3.8, 4) is 5.69 Å². The van der Waals surface area contributed by atoms with Crippen molar-refractivity contribution in [1.29, 1.82) is 0 Å². The summed E-state index contributed by atoms with van der Waals surface area (Å²) in [4.78, 5) is 12.0. The average molecular weight is 362 g/mol. The third-order valence-electron chi connectivity index (χ3n) is 4.12. The quantitative estimate of drug-likeness (QED) is 0.825. The van der Waals surface area contributed by atoms with Gasteiger partial charge in [-0.1, -0.05) is 12.1 Å². The van der Waals surface area contributed by atoms with E-state index in [-0.39, 0.29) is 17.8 Å². The second-order valence-electron chi connectivity index (χ2n) is 6.61. The monoisotopic (exact) mass is 362 g/mol. The first-order valence-electron chi connectivity index (χ1n) is 8.20. The van der Waals surface area contributed by atoms with Crippen molar-refractivity contribution in [1.82, 2.24) is 15.1 Å². The van der Waals surface area contributed by atoms with E-state index in [9.17, 15) is 13.2 Å². The van der Waals surface area contributed by atoms with Crippen LogP contribution in [0.5, 0.6) is 0 Å². The van der Waals surface area contributed by atoms with Gasteiger partial charge in [-0.15, -0.1) is 5.10 Å². The Kier molecular flexibility index (Phi) is 4.80. The van der Waals surface area contributed by atoms with Crippen molar-refractivity contribution >= 4 is 21.7 Å². The summed E-state index contributed by atoms with van der Waals surface area (Å²) in [5, 5.41) is 9.95. The fraction of sp³-hybridized carbons (Fsp3) is 0.412. The predicted molar refractivity (Wildman–Crippen MR) is 96.5 cm³/mol. The number of nitrogens with zero attached hydrogens (tertiary/aromatic N) is 2. The zero-order valence-corrected chi connectivity index (χ0v) is 15.1. The Balaban J connectivity index is 1.66. The Morgan fingerprint density at radius 2 is 2.12 bits per heavy atom. The van der Waals surface area contributed by atoms with Crippen molar-refractivity contribution < 1.29 is 13.2 Å². The Hall–Kier alpha value is -2.35. The van der Waals surface area contributed by atoms with Gasteiger partial charge in [-0.25, -0.2) is 17.9 Å². The minimum Gasteiger partial charge on any atom is -0.335 e. The largest absolute Gasteiger partial charge is 0.335 e. The van der Waals surface area contributed by atoms with Crippen LogP contribution >= 0.6 is 0 Å². The van der Waals surface area contributed by atoms with Gasteiger partial charge in [0, 0.05) is 24.6 Å². The van der Waals surface area contributed by atoms with Gasteiger partial charge in [-0.05, 0) is 43.4 Å². The molecule has 0 spiro atoms. The standard InChI is InChI=1S/C17H22N4O3S/c1-12(14-6-7-14)18-17(22)19-16-8-9-21(20-16)15-5-3-4-13(10-15)11-25(2,23)24/h3-5,8-10,12,14H,6-7,11H2,1-2H3,(H2,18,19,20,22)/t12-/m0/s1. The van der Waals surface area contributed by atoms with Crippen LogP contribution in [0.2, 0.25) is 0 Å². The smallest absolute Gasteiger partial charge is 0.320 e. The number of hydrogen-bond donors (Lipinski definition) is 2. The minimum atomic E-state index is -3.10. The normalized spacial score (nSPS) is 15.6. The molecule has 2 aromatic rings. The van der Waals surface area contributed by atoms with E-state index in [4.69, 9.17) is 0 Å². The molecule has 1 fully saturated rings. The number of sulfone groups is 1. The summed E-state index contributed by atoms with van der Waals surface area (Å²) in [7, 11) is -3.10. The van der Waals surface area contributed by atoms with Gasteiger partial charge in [0.1, 0.15) is 0 Å². The molecule has 25 heavy (non-hydrogen) atoms. The lowest BCUT2D eigenvalue weighted by molar-refractivity contribution is 0.248. The number of benzene rings is 1. The van der Waals surface area contributed by atoms with Crippen LogP contribution in [-0.4, -0.2) is 36.5 Å². The summed E-state index contributed by atoms with van der Waals surface area (Å²) in [6.45, 7) is 2.00. The summed E-state index contributed by atoms with van der Waals surface area (Å²) < 4.78 is 24.5. The highest BCUT2D eigenvalue weighted by atomic mass is 32.2. The van der Waals surface area contributed by atoms with Crippen LogP contribution in [0.25, 0.3) is 5.69 Å². The number of anilines is 1. The molecule has 2 N–H and O–H groups in total. The highest BCUT2D eigenvalue weighted by Crippen LogP contribution is 2.32. The molecule has 134 valence electrons. The number of urea groups is 1. The van der Waals surface area contributed by atoms with E-state index >= 15 is 0 Å². The summed E-state index contributed by atoms with van der Waals surface area (Å²) in [5.41, 5.74) is 1.43. The molecular formula is C17H22N4O3S. The predicted octanol–water partition coefficient (Wildman–Crippen LogP) is 2.34. The summed E-state index contributed by atoms with van der Waals surface area (Å²) in [6, 6.07) is 8.74. The second-order valence-corrected chi connectivity index (χ2v) is 8.75. The molecule has 0 unspecified atom stereocenters. The van der Waals surface area contributed by atoms with Crippen LogP contribution in [0, 0.1) is 5.92 Å². The van der Waals surface area contributed by atoms with Gasteiger partial charge >= 0.3 is 6.03 Å². The summed E-state index contributed by atoms with van der Waals surface area (Å²) in [5.74, 6) is 1.00. The molecule has 0 radical (unpaired) electrons. The van der Waals surface area contributed by atoms with E-state index in [1.165, 1.54) is 19.1 Å². The maximum atomic E-state index is 12.0. The molecule has 0 saturated heterocycles. The van der Waals surface area contributed by atoms with E-state index in [0.29, 0.717) is 17.3 Å². The van der Waals surface area contributed by atoms with E-state index < -0.39 is 9.84 Å². The van der Waals surface area contributed by atoms with E-state index in [2.05, 4.69) is 15.7 Å². The Morgan fingerprint density at radius 3 is 2.80 bits per heavy atom. The van der Waals surface area contributed by atoms with Crippen LogP contribution in [0.15, 0.2) is 36.5 Å². The zero-order chi connectivity index (χ0) is 18.0.